The van der Waals surface area contributed by atoms with Crippen LogP contribution in [0.1, 0.15) is 17.3 Å². The van der Waals surface area contributed by atoms with Gasteiger partial charge in [0.1, 0.15) is 0 Å². The fraction of sp³-hybridized carbons (Fsp3) is 0.0588. The summed E-state index contributed by atoms with van der Waals surface area (Å²) in [7, 11) is 0. The summed E-state index contributed by atoms with van der Waals surface area (Å²) >= 11 is 0. The molecule has 0 bridgehead atoms. The molecule has 1 heterocycles. The highest BCUT2D eigenvalue weighted by Crippen LogP contribution is 2.23. The van der Waals surface area contributed by atoms with Gasteiger partial charge in [0.05, 0.1) is 5.52 Å². The van der Waals surface area contributed by atoms with Crippen molar-refractivity contribution < 1.29 is 4.79 Å². The first-order valence-electron chi connectivity index (χ1n) is 6.20. The van der Waals surface area contributed by atoms with Crippen LogP contribution < -0.4 is 0 Å². The van der Waals surface area contributed by atoms with Crippen LogP contribution in [-0.2, 0) is 0 Å². The molecule has 0 amide bonds. The number of nitrogens with zero attached hydrogens (tertiary/aromatic N) is 1. The molecule has 2 heteroatoms. The van der Waals surface area contributed by atoms with Crippen molar-refractivity contribution in [3.8, 4) is 11.1 Å². The minimum atomic E-state index is 0.0896. The quantitative estimate of drug-likeness (QED) is 0.638. The molecular weight excluding hydrogens is 234 g/mol. The Labute approximate surface area is 111 Å². The highest BCUT2D eigenvalue weighted by molar-refractivity contribution is 5.94. The summed E-state index contributed by atoms with van der Waals surface area (Å²) in [5.41, 5.74) is 3.93. The number of carbonyl (C=O) groups is 1. The predicted molar refractivity (Wildman–Crippen MR) is 77.2 cm³/mol. The van der Waals surface area contributed by atoms with Gasteiger partial charge in [0.25, 0.3) is 0 Å². The Morgan fingerprint density at radius 2 is 1.68 bits per heavy atom. The minimum Gasteiger partial charge on any atom is -0.295 e. The van der Waals surface area contributed by atoms with Crippen LogP contribution in [0.5, 0.6) is 0 Å². The molecule has 0 spiro atoms. The summed E-state index contributed by atoms with van der Waals surface area (Å²) in [6.07, 6.45) is 1.80. The lowest BCUT2D eigenvalue weighted by Gasteiger charge is -2.04. The molecule has 0 unspecified atom stereocenters. The molecule has 19 heavy (non-hydrogen) atoms. The Bertz CT molecular complexity index is 745. The van der Waals surface area contributed by atoms with E-state index in [1.54, 1.807) is 13.1 Å². The van der Waals surface area contributed by atoms with Crippen LogP contribution in [0.3, 0.4) is 0 Å². The molecule has 0 saturated heterocycles. The number of aromatic nitrogens is 1. The minimum absolute atomic E-state index is 0.0896. The van der Waals surface area contributed by atoms with Crippen LogP contribution in [0.4, 0.5) is 0 Å². The van der Waals surface area contributed by atoms with Gasteiger partial charge in [0.15, 0.2) is 5.78 Å². The van der Waals surface area contributed by atoms with Gasteiger partial charge in [-0.05, 0) is 30.2 Å². The number of hydrogen-bond donors (Lipinski definition) is 0. The highest BCUT2D eigenvalue weighted by Gasteiger charge is 2.02. The molecule has 2 aromatic carbocycles. The van der Waals surface area contributed by atoms with Crippen LogP contribution in [0.2, 0.25) is 0 Å². The molecule has 0 radical (unpaired) electrons. The molecule has 92 valence electrons. The van der Waals surface area contributed by atoms with Crippen LogP contribution in [0.25, 0.3) is 22.0 Å². The standard InChI is InChI=1S/C17H13NO/c1-12(19)13-4-6-14(7-5-13)16-9-8-15-3-2-10-18-17(15)11-16/h2-11H,1H3. The Hall–Kier alpha value is -2.48. The molecule has 2 nitrogen and oxygen atoms in total. The van der Waals surface area contributed by atoms with Gasteiger partial charge in [-0.2, -0.15) is 0 Å². The Morgan fingerprint density at radius 1 is 0.947 bits per heavy atom. The second kappa shape index (κ2) is 4.65. The summed E-state index contributed by atoms with van der Waals surface area (Å²) in [6.45, 7) is 1.58. The summed E-state index contributed by atoms with van der Waals surface area (Å²) in [5, 5.41) is 1.13. The van der Waals surface area contributed by atoms with Crippen molar-refractivity contribution in [2.24, 2.45) is 0 Å². The average Bonchev–Trinajstić information content (AvgIpc) is 2.47. The van der Waals surface area contributed by atoms with Crippen molar-refractivity contribution in [3.63, 3.8) is 0 Å². The predicted octanol–water partition coefficient (Wildman–Crippen LogP) is 4.10. The van der Waals surface area contributed by atoms with Gasteiger partial charge in [-0.3, -0.25) is 9.78 Å². The van der Waals surface area contributed by atoms with Crippen molar-refractivity contribution in [1.82, 2.24) is 4.98 Å². The zero-order valence-electron chi connectivity index (χ0n) is 10.6. The van der Waals surface area contributed by atoms with Gasteiger partial charge in [0.2, 0.25) is 0 Å². The van der Waals surface area contributed by atoms with Gasteiger partial charge >= 0.3 is 0 Å². The molecule has 0 aliphatic heterocycles. The normalized spacial score (nSPS) is 10.6. The van der Waals surface area contributed by atoms with E-state index < -0.39 is 0 Å². The number of hydrogen-bond acceptors (Lipinski definition) is 2. The fourth-order valence-electron chi connectivity index (χ4n) is 2.14. The number of carbonyl (C=O) groups excluding carboxylic acids is 1. The van der Waals surface area contributed by atoms with E-state index in [2.05, 4.69) is 23.2 Å². The zero-order chi connectivity index (χ0) is 13.2. The third kappa shape index (κ3) is 2.25. The maximum Gasteiger partial charge on any atom is 0.159 e. The molecule has 3 rings (SSSR count). The van der Waals surface area contributed by atoms with Gasteiger partial charge < -0.3 is 0 Å². The Kier molecular flexibility index (Phi) is 2.84. The first-order valence-corrected chi connectivity index (χ1v) is 6.20. The lowest BCUT2D eigenvalue weighted by molar-refractivity contribution is 0.101. The Balaban J connectivity index is 2.06. The topological polar surface area (TPSA) is 30.0 Å². The number of rotatable bonds is 2. The molecule has 0 aliphatic carbocycles. The summed E-state index contributed by atoms with van der Waals surface area (Å²) < 4.78 is 0. The van der Waals surface area contributed by atoms with Gasteiger partial charge in [-0.1, -0.05) is 42.5 Å². The van der Waals surface area contributed by atoms with E-state index in [4.69, 9.17) is 0 Å². The van der Waals surface area contributed by atoms with Crippen molar-refractivity contribution in [3.05, 3.63) is 66.4 Å². The van der Waals surface area contributed by atoms with Crippen LogP contribution >= 0.6 is 0 Å². The maximum absolute atomic E-state index is 11.3. The number of benzene rings is 2. The fourth-order valence-corrected chi connectivity index (χ4v) is 2.14. The largest absolute Gasteiger partial charge is 0.295 e. The summed E-state index contributed by atoms with van der Waals surface area (Å²) in [4.78, 5) is 15.6. The second-order valence-corrected chi connectivity index (χ2v) is 4.54. The van der Waals surface area contributed by atoms with E-state index in [0.717, 1.165) is 27.6 Å². The van der Waals surface area contributed by atoms with Crippen LogP contribution in [0.15, 0.2) is 60.8 Å². The zero-order valence-corrected chi connectivity index (χ0v) is 10.6. The number of fused-ring (bicyclic) bond motifs is 1. The highest BCUT2D eigenvalue weighted by atomic mass is 16.1. The van der Waals surface area contributed by atoms with Gasteiger partial charge in [0, 0.05) is 17.1 Å². The van der Waals surface area contributed by atoms with Crippen molar-refractivity contribution in [2.75, 3.05) is 0 Å². The van der Waals surface area contributed by atoms with Crippen molar-refractivity contribution >= 4 is 16.7 Å². The lowest BCUT2D eigenvalue weighted by atomic mass is 10.0. The second-order valence-electron chi connectivity index (χ2n) is 4.54. The molecule has 3 aromatic rings. The van der Waals surface area contributed by atoms with Crippen LogP contribution in [-0.4, -0.2) is 10.8 Å². The van der Waals surface area contributed by atoms with Gasteiger partial charge in [-0.25, -0.2) is 0 Å². The van der Waals surface area contributed by atoms with E-state index >= 15 is 0 Å². The van der Waals surface area contributed by atoms with Gasteiger partial charge in [-0.15, -0.1) is 0 Å². The molecule has 0 N–H and O–H groups in total. The van der Waals surface area contributed by atoms with E-state index in [1.165, 1.54) is 0 Å². The maximum atomic E-state index is 11.3. The monoisotopic (exact) mass is 247 g/mol. The smallest absolute Gasteiger partial charge is 0.159 e. The average molecular weight is 247 g/mol. The molecule has 0 saturated carbocycles. The first-order chi connectivity index (χ1) is 9.24. The van der Waals surface area contributed by atoms with E-state index in [9.17, 15) is 4.79 Å². The number of Topliss-reactive ketones (excluding diaryl/α,β-unsaturated/α-hetero) is 1. The molecular formula is C17H13NO. The van der Waals surface area contributed by atoms with E-state index in [-0.39, 0.29) is 5.78 Å². The summed E-state index contributed by atoms with van der Waals surface area (Å²) in [6, 6.07) is 17.9. The van der Waals surface area contributed by atoms with Crippen molar-refractivity contribution in [2.45, 2.75) is 6.92 Å². The summed E-state index contributed by atoms with van der Waals surface area (Å²) in [5.74, 6) is 0.0896. The molecule has 0 atom stereocenters. The molecule has 0 aliphatic rings. The first kappa shape index (κ1) is 11.6. The molecule has 0 fully saturated rings. The number of ketones is 1. The third-order valence-electron chi connectivity index (χ3n) is 3.23. The SMILES string of the molecule is CC(=O)c1ccc(-c2ccc3cccnc3c2)cc1. The molecule has 1 aromatic heterocycles. The lowest BCUT2D eigenvalue weighted by Crippen LogP contribution is -1.90. The number of pyridine rings is 1. The van der Waals surface area contributed by atoms with E-state index in [1.807, 2.05) is 36.4 Å². The Morgan fingerprint density at radius 3 is 2.42 bits per heavy atom. The third-order valence-corrected chi connectivity index (χ3v) is 3.23. The van der Waals surface area contributed by atoms with Crippen LogP contribution in [0, 0.1) is 0 Å². The van der Waals surface area contributed by atoms with E-state index in [0.29, 0.717) is 0 Å². The van der Waals surface area contributed by atoms with Crippen molar-refractivity contribution in [1.29, 1.82) is 0 Å².